The van der Waals surface area contributed by atoms with Gasteiger partial charge in [-0.2, -0.15) is 15.0 Å². The lowest BCUT2D eigenvalue weighted by molar-refractivity contribution is -0.122. The molecule has 9 heteroatoms. The molecule has 0 radical (unpaired) electrons. The lowest BCUT2D eigenvalue weighted by Gasteiger charge is -2.06. The molecule has 9 nitrogen and oxygen atoms in total. The molecule has 1 aromatic rings. The molecule has 0 bridgehead atoms. The van der Waals surface area contributed by atoms with Crippen molar-refractivity contribution < 1.29 is 9.53 Å². The number of hydrogen-bond donors (Lipinski definition) is 4. The fourth-order valence-corrected chi connectivity index (χ4v) is 1.01. The second kappa shape index (κ2) is 4.14. The van der Waals surface area contributed by atoms with Crippen molar-refractivity contribution in [1.29, 1.82) is 0 Å². The normalized spacial score (nSPS) is 17.9. The SMILES string of the molecule is Nc1nc(N)nc(NCNC(=O)C2CO2)n1. The molecule has 1 unspecified atom stereocenters. The molecule has 1 aliphatic heterocycles. The summed E-state index contributed by atoms with van der Waals surface area (Å²) in [5.41, 5.74) is 10.7. The van der Waals surface area contributed by atoms with Gasteiger partial charge in [0.1, 0.15) is 0 Å². The van der Waals surface area contributed by atoms with Crippen LogP contribution in [-0.4, -0.2) is 40.2 Å². The molecule has 0 saturated carbocycles. The lowest BCUT2D eigenvalue weighted by atomic mass is 10.4. The second-order valence-electron chi connectivity index (χ2n) is 3.09. The summed E-state index contributed by atoms with van der Waals surface area (Å²) in [4.78, 5) is 22.3. The lowest BCUT2D eigenvalue weighted by Crippen LogP contribution is -2.32. The molecular weight excluding hydrogens is 214 g/mol. The maximum atomic E-state index is 11.2. The second-order valence-corrected chi connectivity index (χ2v) is 3.09. The Kier molecular flexibility index (Phi) is 2.68. The van der Waals surface area contributed by atoms with Crippen molar-refractivity contribution in [3.63, 3.8) is 0 Å². The van der Waals surface area contributed by atoms with E-state index in [-0.39, 0.29) is 36.5 Å². The summed E-state index contributed by atoms with van der Waals surface area (Å²) in [6, 6.07) is 0. The fraction of sp³-hybridized carbons (Fsp3) is 0.429. The monoisotopic (exact) mass is 225 g/mol. The number of carbonyl (C=O) groups excluding carboxylic acids is 1. The molecule has 1 amide bonds. The number of nitrogens with zero attached hydrogens (tertiary/aromatic N) is 3. The molecule has 16 heavy (non-hydrogen) atoms. The minimum absolute atomic E-state index is 0.0202. The smallest absolute Gasteiger partial charge is 0.252 e. The first-order valence-corrected chi connectivity index (χ1v) is 4.55. The minimum atomic E-state index is -0.324. The number of rotatable bonds is 4. The van der Waals surface area contributed by atoms with Crippen molar-refractivity contribution in [3.05, 3.63) is 0 Å². The average molecular weight is 225 g/mol. The van der Waals surface area contributed by atoms with E-state index >= 15 is 0 Å². The Bertz CT molecular complexity index is 385. The summed E-state index contributed by atoms with van der Waals surface area (Å²) in [5.74, 6) is 0.0724. The van der Waals surface area contributed by atoms with Crippen molar-refractivity contribution in [2.24, 2.45) is 0 Å². The predicted molar refractivity (Wildman–Crippen MR) is 55.0 cm³/mol. The highest BCUT2D eigenvalue weighted by molar-refractivity contribution is 5.82. The van der Waals surface area contributed by atoms with Gasteiger partial charge in [-0.05, 0) is 0 Å². The molecule has 0 aliphatic carbocycles. The van der Waals surface area contributed by atoms with Crippen molar-refractivity contribution in [2.75, 3.05) is 30.1 Å². The molecule has 1 fully saturated rings. The molecule has 2 rings (SSSR count). The van der Waals surface area contributed by atoms with E-state index in [2.05, 4.69) is 25.6 Å². The van der Waals surface area contributed by atoms with Crippen LogP contribution < -0.4 is 22.1 Å². The van der Waals surface area contributed by atoms with Gasteiger partial charge in [0.15, 0.2) is 6.10 Å². The summed E-state index contributed by atoms with van der Waals surface area (Å²) < 4.78 is 4.79. The maximum absolute atomic E-state index is 11.2. The van der Waals surface area contributed by atoms with Crippen LogP contribution in [0.5, 0.6) is 0 Å². The first-order valence-electron chi connectivity index (χ1n) is 4.55. The third-order valence-electron chi connectivity index (χ3n) is 1.80. The van der Waals surface area contributed by atoms with Gasteiger partial charge in [0.05, 0.1) is 13.3 Å². The molecule has 1 atom stereocenters. The van der Waals surface area contributed by atoms with Crippen LogP contribution in [0.15, 0.2) is 0 Å². The van der Waals surface area contributed by atoms with E-state index in [1.807, 2.05) is 0 Å². The minimum Gasteiger partial charge on any atom is -0.368 e. The van der Waals surface area contributed by atoms with Crippen LogP contribution in [0.3, 0.4) is 0 Å². The van der Waals surface area contributed by atoms with Crippen molar-refractivity contribution in [3.8, 4) is 0 Å². The standard InChI is InChI=1S/C7H11N7O2/c8-5-12-6(9)14-7(13-5)11-2-10-4(15)3-1-16-3/h3H,1-2H2,(H,10,15)(H5,8,9,11,12,13,14). The number of carbonyl (C=O) groups is 1. The molecule has 0 spiro atoms. The Morgan fingerprint density at radius 1 is 1.38 bits per heavy atom. The summed E-state index contributed by atoms with van der Waals surface area (Å²) in [6.07, 6.45) is -0.324. The summed E-state index contributed by atoms with van der Waals surface area (Å²) >= 11 is 0. The van der Waals surface area contributed by atoms with Crippen LogP contribution in [0.1, 0.15) is 0 Å². The van der Waals surface area contributed by atoms with Crippen LogP contribution >= 0.6 is 0 Å². The van der Waals surface area contributed by atoms with E-state index in [1.165, 1.54) is 0 Å². The number of nitrogen functional groups attached to an aromatic ring is 2. The number of nitrogens with two attached hydrogens (primary N) is 2. The van der Waals surface area contributed by atoms with E-state index in [0.29, 0.717) is 6.61 Å². The highest BCUT2D eigenvalue weighted by atomic mass is 16.6. The zero-order chi connectivity index (χ0) is 11.5. The summed E-state index contributed by atoms with van der Waals surface area (Å²) in [7, 11) is 0. The van der Waals surface area contributed by atoms with Crippen molar-refractivity contribution >= 4 is 23.8 Å². The highest BCUT2D eigenvalue weighted by Crippen LogP contribution is 2.07. The summed E-state index contributed by atoms with van der Waals surface area (Å²) in [5, 5.41) is 5.31. The van der Waals surface area contributed by atoms with Gasteiger partial charge in [0.2, 0.25) is 17.8 Å². The fourth-order valence-electron chi connectivity index (χ4n) is 1.01. The first kappa shape index (κ1) is 10.4. The van der Waals surface area contributed by atoms with E-state index in [0.717, 1.165) is 0 Å². The molecular formula is C7H11N7O2. The van der Waals surface area contributed by atoms with Crippen LogP contribution in [0.4, 0.5) is 17.8 Å². The number of amides is 1. The molecule has 2 heterocycles. The van der Waals surface area contributed by atoms with Crippen LogP contribution in [0.2, 0.25) is 0 Å². The maximum Gasteiger partial charge on any atom is 0.252 e. The van der Waals surface area contributed by atoms with Gasteiger partial charge in [-0.3, -0.25) is 4.79 Å². The van der Waals surface area contributed by atoms with Gasteiger partial charge in [-0.1, -0.05) is 0 Å². The molecule has 86 valence electrons. The number of hydrogen-bond acceptors (Lipinski definition) is 8. The van der Waals surface area contributed by atoms with Gasteiger partial charge in [-0.15, -0.1) is 0 Å². The number of epoxide rings is 1. The zero-order valence-electron chi connectivity index (χ0n) is 8.30. The predicted octanol–water partition coefficient (Wildman–Crippen LogP) is -2.08. The van der Waals surface area contributed by atoms with Gasteiger partial charge in [0.25, 0.3) is 5.91 Å². The molecule has 1 aromatic heterocycles. The quantitative estimate of drug-likeness (QED) is 0.337. The van der Waals surface area contributed by atoms with Crippen LogP contribution in [0, 0.1) is 0 Å². The van der Waals surface area contributed by atoms with Crippen LogP contribution in [-0.2, 0) is 9.53 Å². The number of aromatic nitrogens is 3. The van der Waals surface area contributed by atoms with Crippen molar-refractivity contribution in [1.82, 2.24) is 20.3 Å². The Hall–Kier alpha value is -2.16. The number of nitrogens with one attached hydrogen (secondary N) is 2. The largest absolute Gasteiger partial charge is 0.368 e. The zero-order valence-corrected chi connectivity index (χ0v) is 8.30. The average Bonchev–Trinajstić information content (AvgIpc) is 2.98. The highest BCUT2D eigenvalue weighted by Gasteiger charge is 2.30. The molecule has 6 N–H and O–H groups in total. The molecule has 1 aliphatic rings. The van der Waals surface area contributed by atoms with Gasteiger partial charge < -0.3 is 26.8 Å². The summed E-state index contributed by atoms with van der Waals surface area (Å²) in [6.45, 7) is 0.638. The third kappa shape index (κ3) is 2.67. The van der Waals surface area contributed by atoms with Gasteiger partial charge in [-0.25, -0.2) is 0 Å². The van der Waals surface area contributed by atoms with E-state index in [9.17, 15) is 4.79 Å². The Balaban J connectivity index is 1.82. The van der Waals surface area contributed by atoms with E-state index in [1.54, 1.807) is 0 Å². The van der Waals surface area contributed by atoms with Crippen molar-refractivity contribution in [2.45, 2.75) is 6.10 Å². The number of anilines is 3. The van der Waals surface area contributed by atoms with Gasteiger partial charge in [0, 0.05) is 0 Å². The van der Waals surface area contributed by atoms with Crippen LogP contribution in [0.25, 0.3) is 0 Å². The topological polar surface area (TPSA) is 144 Å². The Labute approximate surface area is 90.6 Å². The van der Waals surface area contributed by atoms with E-state index < -0.39 is 0 Å². The van der Waals surface area contributed by atoms with Gasteiger partial charge >= 0.3 is 0 Å². The first-order chi connectivity index (χ1) is 7.65. The number of ether oxygens (including phenoxy) is 1. The molecule has 1 saturated heterocycles. The van der Waals surface area contributed by atoms with E-state index in [4.69, 9.17) is 16.2 Å². The third-order valence-corrected chi connectivity index (χ3v) is 1.80. The Morgan fingerprint density at radius 2 is 2.00 bits per heavy atom. The molecule has 0 aromatic carbocycles. The Morgan fingerprint density at radius 3 is 2.56 bits per heavy atom.